The molecule has 3 atom stereocenters. The first-order valence-corrected chi connectivity index (χ1v) is 11.5. The Labute approximate surface area is 208 Å². The minimum Gasteiger partial charge on any atom is -0.440 e. The zero-order chi connectivity index (χ0) is 24.3. The van der Waals surface area contributed by atoms with E-state index in [1.807, 2.05) is 56.3 Å². The molecule has 1 unspecified atom stereocenters. The number of allylic oxidation sites excluding steroid dienone is 1. The number of halogens is 2. The van der Waals surface area contributed by atoms with Gasteiger partial charge < -0.3 is 9.47 Å². The van der Waals surface area contributed by atoms with E-state index in [9.17, 15) is 10.1 Å². The van der Waals surface area contributed by atoms with Gasteiger partial charge in [0, 0.05) is 16.1 Å². The Bertz CT molecular complexity index is 1250. The predicted molar refractivity (Wildman–Crippen MR) is 131 cm³/mol. The molecule has 1 heterocycles. The molecule has 0 N–H and O–H groups in total. The SMILES string of the molecule is CC1(C)[C@@H](/C=C(\Cl)c2ccc(Cl)cc2)[C@@H]1C(=O)OC(C#N)c1cccc(Oc2ccccc2)n1. The molecule has 4 rings (SSSR count). The van der Waals surface area contributed by atoms with Crippen LogP contribution in [0.25, 0.3) is 5.03 Å². The van der Waals surface area contributed by atoms with Gasteiger partial charge in [-0.15, -0.1) is 0 Å². The van der Waals surface area contributed by atoms with E-state index in [-0.39, 0.29) is 11.3 Å². The van der Waals surface area contributed by atoms with Crippen LogP contribution in [0.15, 0.2) is 78.9 Å². The van der Waals surface area contributed by atoms with Gasteiger partial charge in [0.05, 0.1) is 11.6 Å². The molecule has 0 aliphatic heterocycles. The van der Waals surface area contributed by atoms with Crippen LogP contribution in [0.5, 0.6) is 11.6 Å². The molecule has 172 valence electrons. The molecule has 0 saturated heterocycles. The second kappa shape index (κ2) is 9.89. The fourth-order valence-corrected chi connectivity index (χ4v) is 4.27. The van der Waals surface area contributed by atoms with E-state index in [1.54, 1.807) is 42.5 Å². The van der Waals surface area contributed by atoms with Crippen molar-refractivity contribution in [2.45, 2.75) is 20.0 Å². The molecule has 0 amide bonds. The Balaban J connectivity index is 1.46. The maximum Gasteiger partial charge on any atom is 0.311 e. The third-order valence-corrected chi connectivity index (χ3v) is 6.54. The molecule has 1 fully saturated rings. The summed E-state index contributed by atoms with van der Waals surface area (Å²) in [7, 11) is 0. The lowest BCUT2D eigenvalue weighted by Gasteiger charge is -2.12. The number of para-hydroxylation sites is 1. The van der Waals surface area contributed by atoms with Crippen LogP contribution in [0.2, 0.25) is 5.02 Å². The molecule has 34 heavy (non-hydrogen) atoms. The highest BCUT2D eigenvalue weighted by atomic mass is 35.5. The summed E-state index contributed by atoms with van der Waals surface area (Å²) in [6, 6.07) is 23.4. The van der Waals surface area contributed by atoms with Crippen molar-refractivity contribution in [1.82, 2.24) is 4.98 Å². The fourth-order valence-electron chi connectivity index (χ4n) is 3.89. The molecule has 7 heteroatoms. The zero-order valence-corrected chi connectivity index (χ0v) is 20.1. The third kappa shape index (κ3) is 5.25. The van der Waals surface area contributed by atoms with Crippen molar-refractivity contribution in [1.29, 1.82) is 5.26 Å². The van der Waals surface area contributed by atoms with Crippen LogP contribution < -0.4 is 4.74 Å². The molecule has 1 saturated carbocycles. The van der Waals surface area contributed by atoms with E-state index in [1.165, 1.54) is 0 Å². The second-order valence-electron chi connectivity index (χ2n) is 8.61. The van der Waals surface area contributed by atoms with Crippen LogP contribution in [0, 0.1) is 28.6 Å². The summed E-state index contributed by atoms with van der Waals surface area (Å²) in [5.41, 5.74) is 0.763. The lowest BCUT2D eigenvalue weighted by molar-refractivity contribution is -0.149. The summed E-state index contributed by atoms with van der Waals surface area (Å²) in [5, 5.41) is 10.8. The van der Waals surface area contributed by atoms with Crippen LogP contribution >= 0.6 is 23.2 Å². The van der Waals surface area contributed by atoms with Crippen molar-refractivity contribution in [3.8, 4) is 17.7 Å². The van der Waals surface area contributed by atoms with Gasteiger partial charge in [0.2, 0.25) is 12.0 Å². The number of rotatable bonds is 7. The Kier molecular flexibility index (Phi) is 6.92. The highest BCUT2D eigenvalue weighted by Crippen LogP contribution is 2.60. The van der Waals surface area contributed by atoms with E-state index in [4.69, 9.17) is 32.7 Å². The van der Waals surface area contributed by atoms with Crippen molar-refractivity contribution >= 4 is 34.2 Å². The van der Waals surface area contributed by atoms with Crippen molar-refractivity contribution < 1.29 is 14.3 Å². The van der Waals surface area contributed by atoms with Crippen LogP contribution in [-0.4, -0.2) is 11.0 Å². The maximum absolute atomic E-state index is 13.0. The van der Waals surface area contributed by atoms with Crippen molar-refractivity contribution in [2.24, 2.45) is 17.3 Å². The third-order valence-electron chi connectivity index (χ3n) is 5.94. The summed E-state index contributed by atoms with van der Waals surface area (Å²) in [6.07, 6.45) is 0.713. The molecular formula is C27H22Cl2N2O3. The highest BCUT2D eigenvalue weighted by Gasteiger charge is 2.62. The number of aromatic nitrogens is 1. The van der Waals surface area contributed by atoms with Gasteiger partial charge in [-0.2, -0.15) is 5.26 Å². The summed E-state index contributed by atoms with van der Waals surface area (Å²) in [4.78, 5) is 17.3. The van der Waals surface area contributed by atoms with Crippen LogP contribution in [-0.2, 0) is 9.53 Å². The second-order valence-corrected chi connectivity index (χ2v) is 9.45. The molecule has 5 nitrogen and oxygen atoms in total. The molecular weight excluding hydrogens is 471 g/mol. The molecule has 1 aliphatic rings. The van der Waals surface area contributed by atoms with Gasteiger partial charge in [0.25, 0.3) is 0 Å². The van der Waals surface area contributed by atoms with Gasteiger partial charge >= 0.3 is 5.97 Å². The Hall–Kier alpha value is -3.33. The first-order valence-electron chi connectivity index (χ1n) is 10.7. The van der Waals surface area contributed by atoms with Crippen LogP contribution in [0.1, 0.15) is 31.2 Å². The number of carbonyl (C=O) groups is 1. The smallest absolute Gasteiger partial charge is 0.311 e. The zero-order valence-electron chi connectivity index (χ0n) is 18.6. The first kappa shape index (κ1) is 23.8. The average molecular weight is 493 g/mol. The molecule has 2 aromatic carbocycles. The van der Waals surface area contributed by atoms with Gasteiger partial charge in [-0.05, 0) is 47.2 Å². The average Bonchev–Trinajstić information content (AvgIpc) is 3.38. The van der Waals surface area contributed by atoms with E-state index in [2.05, 4.69) is 4.98 Å². The topological polar surface area (TPSA) is 72.2 Å². The fraction of sp³-hybridized carbons (Fsp3) is 0.222. The normalized spacial score (nSPS) is 19.6. The van der Waals surface area contributed by atoms with Gasteiger partial charge in [-0.1, -0.05) is 79.5 Å². The molecule has 0 bridgehead atoms. The number of carbonyl (C=O) groups excluding carboxylic acids is 1. The number of nitrogens with zero attached hydrogens (tertiary/aromatic N) is 2. The predicted octanol–water partition coefficient (Wildman–Crippen LogP) is 7.19. The van der Waals surface area contributed by atoms with E-state index in [0.29, 0.717) is 27.4 Å². The van der Waals surface area contributed by atoms with Crippen molar-refractivity contribution in [2.75, 3.05) is 0 Å². The highest BCUT2D eigenvalue weighted by molar-refractivity contribution is 6.48. The monoisotopic (exact) mass is 492 g/mol. The Morgan fingerprint density at radius 1 is 1.09 bits per heavy atom. The minimum absolute atomic E-state index is 0.122. The summed E-state index contributed by atoms with van der Waals surface area (Å²) >= 11 is 12.4. The first-order chi connectivity index (χ1) is 16.3. The number of hydrogen-bond acceptors (Lipinski definition) is 5. The summed E-state index contributed by atoms with van der Waals surface area (Å²) < 4.78 is 11.3. The van der Waals surface area contributed by atoms with E-state index in [0.717, 1.165) is 5.56 Å². The Morgan fingerprint density at radius 3 is 2.47 bits per heavy atom. The Morgan fingerprint density at radius 2 is 1.79 bits per heavy atom. The van der Waals surface area contributed by atoms with E-state index >= 15 is 0 Å². The molecule has 0 spiro atoms. The number of nitriles is 1. The lowest BCUT2D eigenvalue weighted by atomic mass is 10.1. The molecule has 0 radical (unpaired) electrons. The maximum atomic E-state index is 13.0. The summed E-state index contributed by atoms with van der Waals surface area (Å²) in [5.74, 6) is -0.0854. The number of benzene rings is 2. The largest absolute Gasteiger partial charge is 0.440 e. The van der Waals surface area contributed by atoms with Crippen molar-refractivity contribution in [3.63, 3.8) is 0 Å². The molecule has 1 aliphatic carbocycles. The van der Waals surface area contributed by atoms with Crippen LogP contribution in [0.3, 0.4) is 0 Å². The summed E-state index contributed by atoms with van der Waals surface area (Å²) in [6.45, 7) is 3.94. The standard InChI is InChI=1S/C27H22Cl2N2O3/c1-27(2)20(15-21(29)17-11-13-18(28)14-12-17)25(27)26(32)34-23(16-30)22-9-6-10-24(31-22)33-19-7-4-3-5-8-19/h3-15,20,23,25H,1-2H3/b21-15-/t20-,23?,25+/m0/s1. The van der Waals surface area contributed by atoms with Gasteiger partial charge in [-0.25, -0.2) is 4.98 Å². The number of pyridine rings is 1. The molecule has 1 aromatic heterocycles. The molecule has 3 aromatic rings. The lowest BCUT2D eigenvalue weighted by Crippen LogP contribution is -2.15. The number of esters is 1. The van der Waals surface area contributed by atoms with Gasteiger partial charge in [-0.3, -0.25) is 4.79 Å². The van der Waals surface area contributed by atoms with Gasteiger partial charge in [0.15, 0.2) is 0 Å². The van der Waals surface area contributed by atoms with Gasteiger partial charge in [0.1, 0.15) is 11.8 Å². The quantitative estimate of drug-likeness (QED) is 0.326. The number of ether oxygens (including phenoxy) is 2. The number of hydrogen-bond donors (Lipinski definition) is 0. The van der Waals surface area contributed by atoms with E-state index < -0.39 is 18.0 Å². The minimum atomic E-state index is -1.15. The van der Waals surface area contributed by atoms with Crippen LogP contribution in [0.4, 0.5) is 0 Å². The van der Waals surface area contributed by atoms with Crippen molar-refractivity contribution in [3.05, 3.63) is 95.2 Å².